The van der Waals surface area contributed by atoms with Crippen molar-refractivity contribution in [2.24, 2.45) is 0 Å². The topological polar surface area (TPSA) is 52.7 Å². The molecule has 2 aliphatic heterocycles. The van der Waals surface area contributed by atoms with Gasteiger partial charge in [-0.25, -0.2) is 0 Å². The first-order valence-corrected chi connectivity index (χ1v) is 9.74. The molecule has 5 nitrogen and oxygen atoms in total. The van der Waals surface area contributed by atoms with Crippen molar-refractivity contribution >= 4 is 23.2 Å². The van der Waals surface area contributed by atoms with Gasteiger partial charge in [0.05, 0.1) is 6.54 Å². The molecule has 2 aromatic rings. The molecule has 0 radical (unpaired) electrons. The van der Waals surface area contributed by atoms with Crippen molar-refractivity contribution in [3.05, 3.63) is 59.7 Å². The summed E-state index contributed by atoms with van der Waals surface area (Å²) in [5.41, 5.74) is 3.66. The Hall–Kier alpha value is -2.82. The van der Waals surface area contributed by atoms with E-state index in [0.717, 1.165) is 43.7 Å². The lowest BCUT2D eigenvalue weighted by molar-refractivity contribution is -0.130. The third-order valence-corrected chi connectivity index (χ3v) is 5.39. The molecule has 2 aromatic carbocycles. The van der Waals surface area contributed by atoms with Crippen LogP contribution in [0.2, 0.25) is 0 Å². The number of rotatable bonds is 4. The number of piperidine rings is 1. The number of benzene rings is 2. The Kier molecular flexibility index (Phi) is 5.10. The van der Waals surface area contributed by atoms with Gasteiger partial charge in [-0.2, -0.15) is 0 Å². The molecule has 1 saturated heterocycles. The van der Waals surface area contributed by atoms with Crippen LogP contribution in [0, 0.1) is 0 Å². The maximum absolute atomic E-state index is 13.0. The van der Waals surface area contributed by atoms with E-state index in [9.17, 15) is 9.59 Å². The van der Waals surface area contributed by atoms with Gasteiger partial charge in [-0.1, -0.05) is 24.3 Å². The second-order valence-corrected chi connectivity index (χ2v) is 7.21. The third kappa shape index (κ3) is 3.82. The number of fused-ring (bicyclic) bond motifs is 1. The summed E-state index contributed by atoms with van der Waals surface area (Å²) in [5, 5.41) is 3.18. The minimum absolute atomic E-state index is 0.00552. The minimum atomic E-state index is 0.00552. The number of hydrogen-bond donors (Lipinski definition) is 1. The van der Waals surface area contributed by atoms with Crippen molar-refractivity contribution in [1.29, 1.82) is 0 Å². The summed E-state index contributed by atoms with van der Waals surface area (Å²) in [6.45, 7) is 2.69. The number of carbonyl (C=O) groups excluding carboxylic acids is 2. The van der Waals surface area contributed by atoms with E-state index in [0.29, 0.717) is 12.1 Å². The van der Waals surface area contributed by atoms with E-state index in [1.807, 2.05) is 52.3 Å². The summed E-state index contributed by atoms with van der Waals surface area (Å²) in [4.78, 5) is 29.1. The fourth-order valence-electron chi connectivity index (χ4n) is 3.90. The van der Waals surface area contributed by atoms with Crippen molar-refractivity contribution in [2.75, 3.05) is 36.4 Å². The number of para-hydroxylation sites is 1. The zero-order valence-electron chi connectivity index (χ0n) is 15.5. The van der Waals surface area contributed by atoms with Crippen LogP contribution in [0.4, 0.5) is 11.4 Å². The Morgan fingerprint density at radius 2 is 1.74 bits per heavy atom. The Balaban J connectivity index is 1.42. The molecule has 4 rings (SSSR count). The van der Waals surface area contributed by atoms with Gasteiger partial charge in [0.15, 0.2) is 0 Å². The van der Waals surface area contributed by atoms with Gasteiger partial charge in [-0.3, -0.25) is 9.59 Å². The number of nitrogens with one attached hydrogen (secondary N) is 1. The van der Waals surface area contributed by atoms with Gasteiger partial charge >= 0.3 is 0 Å². The predicted octanol–water partition coefficient (Wildman–Crippen LogP) is 3.31. The summed E-state index contributed by atoms with van der Waals surface area (Å²) in [6.07, 6.45) is 4.28. The van der Waals surface area contributed by atoms with Crippen molar-refractivity contribution in [1.82, 2.24) is 4.90 Å². The summed E-state index contributed by atoms with van der Waals surface area (Å²) < 4.78 is 0. The zero-order valence-corrected chi connectivity index (χ0v) is 15.5. The Morgan fingerprint density at radius 1 is 0.926 bits per heavy atom. The number of hydrogen-bond acceptors (Lipinski definition) is 3. The van der Waals surface area contributed by atoms with Crippen molar-refractivity contribution in [3.8, 4) is 0 Å². The molecule has 0 aromatic heterocycles. The first-order chi connectivity index (χ1) is 13.2. The van der Waals surface area contributed by atoms with Crippen molar-refractivity contribution < 1.29 is 9.59 Å². The molecule has 0 atom stereocenters. The Morgan fingerprint density at radius 3 is 2.59 bits per heavy atom. The molecule has 0 bridgehead atoms. The normalized spacial score (nSPS) is 16.1. The molecule has 1 fully saturated rings. The number of likely N-dealkylation sites (tertiary alicyclic amines) is 1. The molecule has 140 valence electrons. The molecule has 0 aliphatic carbocycles. The lowest BCUT2D eigenvalue weighted by Gasteiger charge is -2.27. The van der Waals surface area contributed by atoms with Crippen molar-refractivity contribution in [2.45, 2.75) is 25.7 Å². The molecule has 2 amide bonds. The van der Waals surface area contributed by atoms with Gasteiger partial charge in [0.2, 0.25) is 5.91 Å². The second-order valence-electron chi connectivity index (χ2n) is 7.21. The van der Waals surface area contributed by atoms with E-state index in [-0.39, 0.29) is 18.4 Å². The molecule has 0 unspecified atom stereocenters. The van der Waals surface area contributed by atoms with Crippen LogP contribution in [0.15, 0.2) is 48.5 Å². The average Bonchev–Trinajstić information content (AvgIpc) is 3.16. The highest BCUT2D eigenvalue weighted by molar-refractivity contribution is 6.07. The van der Waals surface area contributed by atoms with Crippen LogP contribution in [-0.2, 0) is 11.2 Å². The molecule has 0 spiro atoms. The van der Waals surface area contributed by atoms with Crippen LogP contribution in [0.25, 0.3) is 0 Å². The Bertz CT molecular complexity index is 843. The van der Waals surface area contributed by atoms with Gasteiger partial charge in [0.1, 0.15) is 0 Å². The number of amides is 2. The first kappa shape index (κ1) is 17.6. The van der Waals surface area contributed by atoms with Gasteiger partial charge in [-0.15, -0.1) is 0 Å². The smallest absolute Gasteiger partial charge is 0.258 e. The van der Waals surface area contributed by atoms with Gasteiger partial charge in [0.25, 0.3) is 5.91 Å². The molecular formula is C22H25N3O2. The van der Waals surface area contributed by atoms with E-state index >= 15 is 0 Å². The van der Waals surface area contributed by atoms with Gasteiger partial charge < -0.3 is 15.1 Å². The molecule has 2 aliphatic rings. The largest absolute Gasteiger partial charge is 0.376 e. The summed E-state index contributed by atoms with van der Waals surface area (Å²) in [7, 11) is 0. The highest BCUT2D eigenvalue weighted by Gasteiger charge is 2.25. The van der Waals surface area contributed by atoms with E-state index in [2.05, 4.69) is 11.4 Å². The summed E-state index contributed by atoms with van der Waals surface area (Å²) >= 11 is 0. The van der Waals surface area contributed by atoms with Crippen LogP contribution >= 0.6 is 0 Å². The van der Waals surface area contributed by atoms with Gasteiger partial charge in [0, 0.05) is 36.6 Å². The summed E-state index contributed by atoms with van der Waals surface area (Å²) in [5.74, 6) is 0.130. The van der Waals surface area contributed by atoms with Crippen LogP contribution in [-0.4, -0.2) is 42.9 Å². The number of anilines is 2. The van der Waals surface area contributed by atoms with Gasteiger partial charge in [-0.05, 0) is 55.5 Å². The van der Waals surface area contributed by atoms with E-state index in [1.165, 1.54) is 12.0 Å². The van der Waals surface area contributed by atoms with Crippen LogP contribution in [0.3, 0.4) is 0 Å². The van der Waals surface area contributed by atoms with Crippen LogP contribution < -0.4 is 10.2 Å². The quantitative estimate of drug-likeness (QED) is 0.907. The first-order valence-electron chi connectivity index (χ1n) is 9.74. The monoisotopic (exact) mass is 363 g/mol. The number of carbonyl (C=O) groups is 2. The average molecular weight is 363 g/mol. The van der Waals surface area contributed by atoms with E-state index in [1.54, 1.807) is 0 Å². The molecule has 27 heavy (non-hydrogen) atoms. The number of nitrogens with zero attached hydrogens (tertiary/aromatic N) is 2. The minimum Gasteiger partial charge on any atom is -0.376 e. The summed E-state index contributed by atoms with van der Waals surface area (Å²) in [6, 6.07) is 15.5. The lowest BCUT2D eigenvalue weighted by atomic mass is 10.1. The predicted molar refractivity (Wildman–Crippen MR) is 107 cm³/mol. The fourth-order valence-corrected chi connectivity index (χ4v) is 3.90. The molecule has 5 heteroatoms. The third-order valence-electron chi connectivity index (χ3n) is 5.39. The van der Waals surface area contributed by atoms with Crippen LogP contribution in [0.1, 0.15) is 35.2 Å². The molecule has 1 N–H and O–H groups in total. The SMILES string of the molecule is O=C(CNc1cccc(C(=O)N2CCc3ccccc32)c1)N1CCCCC1. The Labute approximate surface area is 160 Å². The highest BCUT2D eigenvalue weighted by Crippen LogP contribution is 2.29. The van der Waals surface area contributed by atoms with Crippen LogP contribution in [0.5, 0.6) is 0 Å². The maximum Gasteiger partial charge on any atom is 0.258 e. The fraction of sp³-hybridized carbons (Fsp3) is 0.364. The highest BCUT2D eigenvalue weighted by atomic mass is 16.2. The molecule has 2 heterocycles. The van der Waals surface area contributed by atoms with E-state index < -0.39 is 0 Å². The van der Waals surface area contributed by atoms with Crippen molar-refractivity contribution in [3.63, 3.8) is 0 Å². The van der Waals surface area contributed by atoms with E-state index in [4.69, 9.17) is 0 Å². The maximum atomic E-state index is 13.0. The molecule has 0 saturated carbocycles. The second kappa shape index (κ2) is 7.82. The molecular weight excluding hydrogens is 338 g/mol. The lowest BCUT2D eigenvalue weighted by Crippen LogP contribution is -2.39. The zero-order chi connectivity index (χ0) is 18.6. The standard InChI is InChI=1S/C22H25N3O2/c26-21(24-12-4-1-5-13-24)16-23-19-9-6-8-18(15-19)22(27)25-14-11-17-7-2-3-10-20(17)25/h2-3,6-10,15,23H,1,4-5,11-14,16H2.